The van der Waals surface area contributed by atoms with Gasteiger partial charge in [0.2, 0.25) is 5.88 Å². The van der Waals surface area contributed by atoms with Gasteiger partial charge in [0, 0.05) is 30.8 Å². The maximum Gasteiger partial charge on any atom is 0.416 e. The van der Waals surface area contributed by atoms with E-state index in [2.05, 4.69) is 29.1 Å². The van der Waals surface area contributed by atoms with Crippen LogP contribution in [0.3, 0.4) is 0 Å². The van der Waals surface area contributed by atoms with Gasteiger partial charge in [-0.05, 0) is 104 Å². The average molecular weight is 616 g/mol. The van der Waals surface area contributed by atoms with Crippen LogP contribution in [-0.2, 0) is 44.5 Å². The molecule has 2 aliphatic carbocycles. The molecular weight excluding hydrogens is 580 g/mol. The van der Waals surface area contributed by atoms with Crippen LogP contribution in [0.5, 0.6) is 0 Å². The first-order chi connectivity index (χ1) is 19.4. The Kier molecular flexibility index (Phi) is 9.75. The third kappa shape index (κ3) is 7.18. The largest absolute Gasteiger partial charge is 0.416 e. The van der Waals surface area contributed by atoms with E-state index in [0.717, 1.165) is 55.7 Å². The third-order valence-electron chi connectivity index (χ3n) is 8.53. The van der Waals surface area contributed by atoms with Gasteiger partial charge in [-0.1, -0.05) is 24.1 Å². The molecule has 2 aliphatic rings. The Morgan fingerprint density at radius 3 is 2.10 bits per heavy atom. The van der Waals surface area contributed by atoms with E-state index < -0.39 is 23.5 Å². The van der Waals surface area contributed by atoms with E-state index in [9.17, 15) is 26.3 Å². The van der Waals surface area contributed by atoms with Gasteiger partial charge in [-0.15, -0.1) is 12.4 Å². The van der Waals surface area contributed by atoms with Crippen molar-refractivity contribution in [1.82, 2.24) is 5.16 Å². The molecule has 230 valence electrons. The number of hydrogen-bond acceptors (Lipinski definition) is 4. The number of nitrogens with zero attached hydrogens (tertiary/aromatic N) is 2. The van der Waals surface area contributed by atoms with Crippen LogP contribution in [-0.4, -0.2) is 18.2 Å². The van der Waals surface area contributed by atoms with Crippen molar-refractivity contribution in [1.29, 1.82) is 0 Å². The fourth-order valence-electron chi connectivity index (χ4n) is 6.36. The molecule has 1 saturated carbocycles. The highest BCUT2D eigenvalue weighted by Crippen LogP contribution is 2.38. The molecule has 1 heterocycles. The van der Waals surface area contributed by atoms with Crippen molar-refractivity contribution in [2.45, 2.75) is 83.5 Å². The second kappa shape index (κ2) is 12.8. The predicted octanol–water partition coefficient (Wildman–Crippen LogP) is 8.60. The summed E-state index contributed by atoms with van der Waals surface area (Å²) in [7, 11) is 0. The molecule has 0 saturated heterocycles. The van der Waals surface area contributed by atoms with Crippen LogP contribution in [0.25, 0.3) is 0 Å². The number of nitrogen functional groups attached to an aromatic ring is 1. The topological polar surface area (TPSA) is 55.3 Å². The van der Waals surface area contributed by atoms with Gasteiger partial charge in [0.05, 0.1) is 16.8 Å². The molecule has 5 rings (SSSR count). The summed E-state index contributed by atoms with van der Waals surface area (Å²) in [5, 5.41) is 4.06. The lowest BCUT2D eigenvalue weighted by Crippen LogP contribution is -2.29. The molecule has 0 aliphatic heterocycles. The fourth-order valence-corrected chi connectivity index (χ4v) is 6.36. The SMILES string of the molecule is CCN(CC1CCCC1)c1cc2c(cc1Cc1c(CCc3cc(C(F)(F)F)cc(C(F)(F)F)c3)noc1N)CCC2.Cl. The number of aromatic nitrogens is 1. The molecule has 3 aromatic rings. The zero-order valence-electron chi connectivity index (χ0n) is 23.5. The number of nitrogens with two attached hydrogens (primary N) is 1. The zero-order valence-corrected chi connectivity index (χ0v) is 24.3. The highest BCUT2D eigenvalue weighted by Gasteiger charge is 2.37. The van der Waals surface area contributed by atoms with Gasteiger partial charge in [0.25, 0.3) is 0 Å². The van der Waals surface area contributed by atoms with Gasteiger partial charge < -0.3 is 15.2 Å². The van der Waals surface area contributed by atoms with Gasteiger partial charge in [-0.3, -0.25) is 0 Å². The van der Waals surface area contributed by atoms with Crippen molar-refractivity contribution in [3.05, 3.63) is 75.0 Å². The number of aryl methyl sites for hydroxylation is 4. The third-order valence-corrected chi connectivity index (χ3v) is 8.53. The summed E-state index contributed by atoms with van der Waals surface area (Å²) in [5.41, 5.74) is 9.43. The van der Waals surface area contributed by atoms with E-state index in [1.54, 1.807) is 0 Å². The van der Waals surface area contributed by atoms with Crippen LogP contribution < -0.4 is 10.6 Å². The Balaban J connectivity index is 0.00000405. The Labute approximate surface area is 248 Å². The lowest BCUT2D eigenvalue weighted by Gasteiger charge is -2.29. The number of rotatable bonds is 9. The van der Waals surface area contributed by atoms with Crippen LogP contribution >= 0.6 is 12.4 Å². The highest BCUT2D eigenvalue weighted by molar-refractivity contribution is 5.85. The smallest absolute Gasteiger partial charge is 0.371 e. The van der Waals surface area contributed by atoms with E-state index in [1.165, 1.54) is 36.8 Å². The van der Waals surface area contributed by atoms with Crippen LogP contribution in [0.4, 0.5) is 37.9 Å². The molecule has 2 aromatic carbocycles. The van der Waals surface area contributed by atoms with Crippen molar-refractivity contribution in [2.24, 2.45) is 5.92 Å². The Hall–Kier alpha value is -2.88. The summed E-state index contributed by atoms with van der Waals surface area (Å²) in [6, 6.07) is 6.19. The zero-order chi connectivity index (χ0) is 29.4. The van der Waals surface area contributed by atoms with Crippen molar-refractivity contribution in [2.75, 3.05) is 23.7 Å². The molecule has 1 fully saturated rings. The molecule has 0 spiro atoms. The van der Waals surface area contributed by atoms with Gasteiger partial charge >= 0.3 is 12.4 Å². The fraction of sp³-hybridized carbons (Fsp3) is 0.516. The Bertz CT molecular complexity index is 1350. The monoisotopic (exact) mass is 615 g/mol. The minimum Gasteiger partial charge on any atom is -0.371 e. The van der Waals surface area contributed by atoms with E-state index in [1.807, 2.05) is 0 Å². The number of alkyl halides is 6. The van der Waals surface area contributed by atoms with Crippen LogP contribution in [0.15, 0.2) is 34.9 Å². The van der Waals surface area contributed by atoms with Gasteiger partial charge in [-0.2, -0.15) is 26.3 Å². The number of benzene rings is 2. The molecule has 0 unspecified atom stereocenters. The lowest BCUT2D eigenvalue weighted by atomic mass is 9.95. The first-order valence-electron chi connectivity index (χ1n) is 14.3. The number of fused-ring (bicyclic) bond motifs is 1. The summed E-state index contributed by atoms with van der Waals surface area (Å²) in [4.78, 5) is 2.43. The van der Waals surface area contributed by atoms with Crippen molar-refractivity contribution in [3.63, 3.8) is 0 Å². The van der Waals surface area contributed by atoms with Crippen molar-refractivity contribution in [3.8, 4) is 0 Å². The minimum absolute atomic E-state index is 0. The van der Waals surface area contributed by atoms with Crippen molar-refractivity contribution >= 4 is 24.0 Å². The molecule has 2 N–H and O–H groups in total. The molecule has 0 atom stereocenters. The summed E-state index contributed by atoms with van der Waals surface area (Å²) in [6.07, 6.45) is -1.24. The highest BCUT2D eigenvalue weighted by atomic mass is 35.5. The number of halogens is 7. The molecule has 42 heavy (non-hydrogen) atoms. The van der Waals surface area contributed by atoms with E-state index in [-0.39, 0.29) is 42.8 Å². The number of anilines is 2. The first kappa shape index (κ1) is 32.0. The van der Waals surface area contributed by atoms with Crippen LogP contribution in [0.2, 0.25) is 0 Å². The molecule has 11 heteroatoms. The second-order valence-corrected chi connectivity index (χ2v) is 11.4. The molecule has 0 radical (unpaired) electrons. The van der Waals surface area contributed by atoms with Crippen LogP contribution in [0.1, 0.15) is 83.7 Å². The Morgan fingerprint density at radius 1 is 0.881 bits per heavy atom. The maximum atomic E-state index is 13.3. The molecule has 1 aromatic heterocycles. The van der Waals surface area contributed by atoms with Gasteiger partial charge in [0.15, 0.2) is 0 Å². The molecular formula is C31H36ClF6N3O. The minimum atomic E-state index is -4.90. The summed E-state index contributed by atoms with van der Waals surface area (Å²) in [5.74, 6) is 0.770. The average Bonchev–Trinajstić information content (AvgIpc) is 3.67. The number of hydrogen-bond donors (Lipinski definition) is 1. The standard InChI is InChI=1S/C31H35F6N3O.ClH/c1-2-40(18-19-6-3-4-7-19)28-16-22-9-5-8-21(22)14-23(28)15-26-27(39-41-29(26)38)11-10-20-12-24(30(32,33)34)17-25(13-20)31(35,36)37;/h12-14,16-17,19H,2-11,15,18,38H2,1H3;1H. The molecule has 0 bridgehead atoms. The first-order valence-corrected chi connectivity index (χ1v) is 14.3. The quantitative estimate of drug-likeness (QED) is 0.245. The van der Waals surface area contributed by atoms with Gasteiger partial charge in [0.1, 0.15) is 0 Å². The summed E-state index contributed by atoms with van der Waals surface area (Å²) < 4.78 is 85.4. The maximum absolute atomic E-state index is 13.3. The van der Waals surface area contributed by atoms with E-state index in [0.29, 0.717) is 23.6 Å². The summed E-state index contributed by atoms with van der Waals surface area (Å²) >= 11 is 0. The van der Waals surface area contributed by atoms with E-state index in [4.69, 9.17) is 10.3 Å². The molecule has 0 amide bonds. The predicted molar refractivity (Wildman–Crippen MR) is 153 cm³/mol. The summed E-state index contributed by atoms with van der Waals surface area (Å²) in [6.45, 7) is 3.98. The normalized spacial score (nSPS) is 15.6. The van der Waals surface area contributed by atoms with E-state index >= 15 is 0 Å². The Morgan fingerprint density at radius 2 is 1.50 bits per heavy atom. The van der Waals surface area contributed by atoms with Crippen LogP contribution in [0, 0.1) is 5.92 Å². The lowest BCUT2D eigenvalue weighted by molar-refractivity contribution is -0.143. The second-order valence-electron chi connectivity index (χ2n) is 11.4. The van der Waals surface area contributed by atoms with Crippen molar-refractivity contribution < 1.29 is 30.9 Å². The molecule has 4 nitrogen and oxygen atoms in total. The van der Waals surface area contributed by atoms with Gasteiger partial charge in [-0.25, -0.2) is 0 Å².